The molecule has 2 saturated heterocycles. The van der Waals surface area contributed by atoms with Gasteiger partial charge in [-0.05, 0) is 42.5 Å². The van der Waals surface area contributed by atoms with Crippen molar-refractivity contribution >= 4 is 23.2 Å². The fraction of sp³-hybridized carbons (Fsp3) is 0.379. The van der Waals surface area contributed by atoms with Gasteiger partial charge in [-0.2, -0.15) is 15.5 Å². The molecule has 216 valence electrons. The number of piperidine rings is 1. The van der Waals surface area contributed by atoms with Crippen molar-refractivity contribution in [2.24, 2.45) is 0 Å². The van der Waals surface area contributed by atoms with Crippen molar-refractivity contribution in [3.63, 3.8) is 0 Å². The number of hydrogen-bond donors (Lipinski definition) is 2. The zero-order chi connectivity index (χ0) is 29.5. The molecule has 1 unspecified atom stereocenters. The Morgan fingerprint density at radius 2 is 2.00 bits per heavy atom. The lowest BCUT2D eigenvalue weighted by molar-refractivity contribution is -0.134. The maximum atomic E-state index is 14.8. The van der Waals surface area contributed by atoms with Gasteiger partial charge >= 0.3 is 0 Å². The standard InChI is InChI=1S/C29H29FN8O4/c30-24-16-38(27(40)7-9-31)10-8-26(24)42-25-6-1-19(13-20(25)14-32)28-33-18-34-29(36-28)35-21-2-4-22(5-3-21)37-11-12-41-23(15-37)17-39/h1-6,13,18,23-24,26,39H,7-8,10-12,15-17H2,(H,33,34,35,36)/t23?,24-,26+/m1/s1. The minimum absolute atomic E-state index is 0.0188. The van der Waals surface area contributed by atoms with E-state index in [-0.39, 0.29) is 50.0 Å². The number of aliphatic hydroxyl groups is 1. The van der Waals surface area contributed by atoms with E-state index in [1.165, 1.54) is 11.2 Å². The van der Waals surface area contributed by atoms with Crippen LogP contribution in [0.1, 0.15) is 18.4 Å². The van der Waals surface area contributed by atoms with Crippen molar-refractivity contribution in [3.8, 4) is 29.3 Å². The first-order chi connectivity index (χ1) is 20.5. The number of ether oxygens (including phenoxy) is 2. The molecular formula is C29H29FN8O4. The van der Waals surface area contributed by atoms with Gasteiger partial charge in [0.2, 0.25) is 11.9 Å². The number of aliphatic hydroxyl groups excluding tert-OH is 1. The highest BCUT2D eigenvalue weighted by Gasteiger charge is 2.33. The predicted molar refractivity (Wildman–Crippen MR) is 149 cm³/mol. The highest BCUT2D eigenvalue weighted by molar-refractivity contribution is 5.78. The normalized spacial score (nSPS) is 20.3. The Balaban J connectivity index is 1.24. The van der Waals surface area contributed by atoms with Gasteiger partial charge in [0.15, 0.2) is 12.0 Å². The lowest BCUT2D eigenvalue weighted by Gasteiger charge is -2.34. The Morgan fingerprint density at radius 1 is 1.17 bits per heavy atom. The molecule has 2 aliphatic rings. The largest absolute Gasteiger partial charge is 0.486 e. The van der Waals surface area contributed by atoms with Gasteiger partial charge in [0.1, 0.15) is 30.7 Å². The van der Waals surface area contributed by atoms with Gasteiger partial charge in [0.25, 0.3) is 0 Å². The van der Waals surface area contributed by atoms with Crippen LogP contribution >= 0.6 is 0 Å². The predicted octanol–water partition coefficient (Wildman–Crippen LogP) is 2.58. The first-order valence-corrected chi connectivity index (χ1v) is 13.5. The maximum Gasteiger partial charge on any atom is 0.236 e. The molecule has 0 aliphatic carbocycles. The molecular weight excluding hydrogens is 543 g/mol. The fourth-order valence-corrected chi connectivity index (χ4v) is 4.89. The average molecular weight is 573 g/mol. The molecule has 3 atom stereocenters. The average Bonchev–Trinajstić information content (AvgIpc) is 3.02. The Morgan fingerprint density at radius 3 is 2.74 bits per heavy atom. The van der Waals surface area contributed by atoms with Crippen LogP contribution in [-0.4, -0.2) is 88.6 Å². The van der Waals surface area contributed by atoms with Crippen LogP contribution in [0, 0.1) is 22.7 Å². The molecule has 3 aromatic rings. The number of anilines is 3. The number of hydrogen-bond acceptors (Lipinski definition) is 11. The number of likely N-dealkylation sites (tertiary alicyclic amines) is 1. The van der Waals surface area contributed by atoms with Crippen molar-refractivity contribution in [2.45, 2.75) is 31.2 Å². The van der Waals surface area contributed by atoms with Crippen LogP contribution in [0.2, 0.25) is 0 Å². The summed E-state index contributed by atoms with van der Waals surface area (Å²) in [7, 11) is 0. The number of nitrogens with zero attached hydrogens (tertiary/aromatic N) is 7. The van der Waals surface area contributed by atoms with Crippen LogP contribution in [0.25, 0.3) is 11.4 Å². The number of nitriles is 2. The van der Waals surface area contributed by atoms with Gasteiger partial charge in [-0.1, -0.05) is 0 Å². The van der Waals surface area contributed by atoms with E-state index in [1.54, 1.807) is 24.3 Å². The monoisotopic (exact) mass is 572 g/mol. The molecule has 2 N–H and O–H groups in total. The number of aromatic nitrogens is 3. The third-order valence-electron chi connectivity index (χ3n) is 7.10. The summed E-state index contributed by atoms with van der Waals surface area (Å²) in [6.45, 7) is 2.01. The molecule has 1 amide bonds. The van der Waals surface area contributed by atoms with Crippen LogP contribution in [-0.2, 0) is 9.53 Å². The summed E-state index contributed by atoms with van der Waals surface area (Å²) in [6.07, 6.45) is -1.16. The minimum Gasteiger partial charge on any atom is -0.486 e. The zero-order valence-corrected chi connectivity index (χ0v) is 22.7. The molecule has 13 heteroatoms. The highest BCUT2D eigenvalue weighted by atomic mass is 19.1. The third-order valence-corrected chi connectivity index (χ3v) is 7.10. The number of halogens is 1. The summed E-state index contributed by atoms with van der Waals surface area (Å²) in [6, 6.07) is 16.5. The van der Waals surface area contributed by atoms with Gasteiger partial charge in [0.05, 0.1) is 37.5 Å². The van der Waals surface area contributed by atoms with Crippen LogP contribution in [0.3, 0.4) is 0 Å². The molecule has 2 fully saturated rings. The molecule has 2 aromatic carbocycles. The minimum atomic E-state index is -1.45. The van der Waals surface area contributed by atoms with E-state index in [0.717, 1.165) is 17.9 Å². The number of morpholine rings is 1. The molecule has 1 aromatic heterocycles. The van der Waals surface area contributed by atoms with E-state index in [1.807, 2.05) is 24.3 Å². The smallest absolute Gasteiger partial charge is 0.236 e. The molecule has 3 heterocycles. The van der Waals surface area contributed by atoms with E-state index < -0.39 is 18.2 Å². The summed E-state index contributed by atoms with van der Waals surface area (Å²) >= 11 is 0. The highest BCUT2D eigenvalue weighted by Crippen LogP contribution is 2.29. The summed E-state index contributed by atoms with van der Waals surface area (Å²) in [4.78, 5) is 28.3. The lowest BCUT2D eigenvalue weighted by Crippen LogP contribution is -2.49. The number of benzene rings is 2. The van der Waals surface area contributed by atoms with Crippen LogP contribution < -0.4 is 15.0 Å². The molecule has 0 saturated carbocycles. The molecule has 12 nitrogen and oxygen atoms in total. The van der Waals surface area contributed by atoms with Gasteiger partial charge < -0.3 is 29.7 Å². The second-order valence-corrected chi connectivity index (χ2v) is 9.88. The van der Waals surface area contributed by atoms with E-state index in [9.17, 15) is 19.6 Å². The molecule has 5 rings (SSSR count). The Hall–Kier alpha value is -4.85. The van der Waals surface area contributed by atoms with E-state index in [0.29, 0.717) is 30.5 Å². The number of carbonyl (C=O) groups excluding carboxylic acids is 1. The Kier molecular flexibility index (Phi) is 9.02. The zero-order valence-electron chi connectivity index (χ0n) is 22.7. The third kappa shape index (κ3) is 6.71. The second kappa shape index (κ2) is 13.2. The maximum absolute atomic E-state index is 14.8. The summed E-state index contributed by atoms with van der Waals surface area (Å²) < 4.78 is 26.2. The van der Waals surface area contributed by atoms with Gasteiger partial charge in [-0.3, -0.25) is 4.79 Å². The number of amides is 1. The Labute approximate surface area is 242 Å². The number of carbonyl (C=O) groups is 1. The van der Waals surface area contributed by atoms with E-state index >= 15 is 0 Å². The number of nitrogens with one attached hydrogen (secondary N) is 1. The topological polar surface area (TPSA) is 161 Å². The van der Waals surface area contributed by atoms with E-state index in [4.69, 9.17) is 14.7 Å². The first kappa shape index (κ1) is 28.7. The van der Waals surface area contributed by atoms with Crippen LogP contribution in [0.5, 0.6) is 5.75 Å². The summed E-state index contributed by atoms with van der Waals surface area (Å²) in [5, 5.41) is 31.0. The van der Waals surface area contributed by atoms with Crippen molar-refractivity contribution in [1.82, 2.24) is 19.9 Å². The molecule has 42 heavy (non-hydrogen) atoms. The lowest BCUT2D eigenvalue weighted by atomic mass is 10.0. The van der Waals surface area contributed by atoms with Crippen molar-refractivity contribution in [2.75, 3.05) is 49.6 Å². The number of alkyl halides is 1. The van der Waals surface area contributed by atoms with Crippen molar-refractivity contribution < 1.29 is 23.8 Å². The van der Waals surface area contributed by atoms with Gasteiger partial charge in [-0.25, -0.2) is 14.4 Å². The van der Waals surface area contributed by atoms with Crippen molar-refractivity contribution in [1.29, 1.82) is 10.5 Å². The SMILES string of the molecule is N#CCC(=O)N1CC[C@H](Oc2ccc(-c3ncnc(Nc4ccc(N5CCOC(CO)C5)cc4)n3)cc2C#N)[C@H](F)C1. The van der Waals surface area contributed by atoms with Gasteiger partial charge in [-0.15, -0.1) is 0 Å². The molecule has 0 spiro atoms. The summed E-state index contributed by atoms with van der Waals surface area (Å²) in [5.41, 5.74) is 2.53. The van der Waals surface area contributed by atoms with Crippen LogP contribution in [0.15, 0.2) is 48.8 Å². The van der Waals surface area contributed by atoms with E-state index in [2.05, 4.69) is 31.2 Å². The number of rotatable bonds is 8. The quantitative estimate of drug-likeness (QED) is 0.408. The fourth-order valence-electron chi connectivity index (χ4n) is 4.89. The van der Waals surface area contributed by atoms with Gasteiger partial charge in [0, 0.05) is 43.0 Å². The summed E-state index contributed by atoms with van der Waals surface area (Å²) in [5.74, 6) is 0.470. The Bertz CT molecular complexity index is 1490. The second-order valence-electron chi connectivity index (χ2n) is 9.88. The molecule has 2 aliphatic heterocycles. The van der Waals surface area contributed by atoms with Crippen LogP contribution in [0.4, 0.5) is 21.7 Å². The van der Waals surface area contributed by atoms with Crippen molar-refractivity contribution in [3.05, 3.63) is 54.4 Å². The molecule has 0 radical (unpaired) electrons. The first-order valence-electron chi connectivity index (χ1n) is 13.5. The molecule has 0 bridgehead atoms.